The van der Waals surface area contributed by atoms with Crippen molar-refractivity contribution in [1.29, 1.82) is 0 Å². The van der Waals surface area contributed by atoms with Crippen LogP contribution in [0.1, 0.15) is 12.8 Å². The smallest absolute Gasteiger partial charge is 0.305 e. The first kappa shape index (κ1) is 12.3. The summed E-state index contributed by atoms with van der Waals surface area (Å²) >= 11 is 0. The number of esters is 1. The number of carbonyl (C=O) groups excluding carboxylic acids is 1. The summed E-state index contributed by atoms with van der Waals surface area (Å²) in [5.41, 5.74) is 0. The van der Waals surface area contributed by atoms with Crippen LogP contribution in [0.2, 0.25) is 0 Å². The minimum atomic E-state index is -0.811. The number of aliphatic hydroxyl groups excluding tert-OH is 1. The van der Waals surface area contributed by atoms with Gasteiger partial charge < -0.3 is 19.3 Å². The quantitative estimate of drug-likeness (QED) is 0.471. The highest BCUT2D eigenvalue weighted by Gasteiger charge is 2.18. The van der Waals surface area contributed by atoms with Gasteiger partial charge in [0, 0.05) is 20.6 Å². The molecule has 0 amide bonds. The molecular weight excluding hydrogens is 176 g/mol. The monoisotopic (exact) mass is 192 g/mol. The van der Waals surface area contributed by atoms with Gasteiger partial charge in [-0.05, 0) is 6.42 Å². The standard InChI is InChI=1S/C8H16O5/c1-11-7(10)5-4-6(9)8(12-2)13-3/h6,8-9H,4-5H2,1-3H3/t6-/m1/s1. The lowest BCUT2D eigenvalue weighted by Gasteiger charge is -2.19. The van der Waals surface area contributed by atoms with Crippen molar-refractivity contribution in [3.63, 3.8) is 0 Å². The molecule has 0 aliphatic heterocycles. The molecule has 0 saturated heterocycles. The van der Waals surface area contributed by atoms with Crippen LogP contribution in [-0.4, -0.2) is 44.8 Å². The van der Waals surface area contributed by atoms with Crippen LogP contribution in [0.3, 0.4) is 0 Å². The van der Waals surface area contributed by atoms with E-state index in [1.807, 2.05) is 0 Å². The fourth-order valence-electron chi connectivity index (χ4n) is 0.914. The molecule has 0 bridgehead atoms. The number of hydrogen-bond acceptors (Lipinski definition) is 5. The maximum atomic E-state index is 10.7. The third-order valence-electron chi connectivity index (χ3n) is 1.65. The molecule has 0 spiro atoms. The van der Waals surface area contributed by atoms with E-state index in [4.69, 9.17) is 9.47 Å². The van der Waals surface area contributed by atoms with E-state index >= 15 is 0 Å². The predicted octanol–water partition coefficient (Wildman–Crippen LogP) is -0.0806. The number of methoxy groups -OCH3 is 3. The van der Waals surface area contributed by atoms with Crippen molar-refractivity contribution in [1.82, 2.24) is 0 Å². The van der Waals surface area contributed by atoms with Crippen LogP contribution in [0.4, 0.5) is 0 Å². The molecule has 0 radical (unpaired) electrons. The lowest BCUT2D eigenvalue weighted by atomic mass is 10.2. The van der Waals surface area contributed by atoms with Gasteiger partial charge in [-0.25, -0.2) is 0 Å². The van der Waals surface area contributed by atoms with Crippen molar-refractivity contribution in [2.45, 2.75) is 25.2 Å². The molecule has 0 fully saturated rings. The van der Waals surface area contributed by atoms with E-state index in [-0.39, 0.29) is 18.8 Å². The van der Waals surface area contributed by atoms with E-state index < -0.39 is 12.4 Å². The Hall–Kier alpha value is -0.650. The summed E-state index contributed by atoms with van der Waals surface area (Å²) in [6.07, 6.45) is -1.08. The summed E-state index contributed by atoms with van der Waals surface area (Å²) in [6, 6.07) is 0. The highest BCUT2D eigenvalue weighted by Crippen LogP contribution is 2.06. The Labute approximate surface area is 77.6 Å². The fraction of sp³-hybridized carbons (Fsp3) is 0.875. The molecule has 0 saturated carbocycles. The lowest BCUT2D eigenvalue weighted by molar-refractivity contribution is -0.168. The third-order valence-corrected chi connectivity index (χ3v) is 1.65. The molecule has 0 aromatic rings. The molecule has 13 heavy (non-hydrogen) atoms. The van der Waals surface area contributed by atoms with Crippen LogP contribution in [-0.2, 0) is 19.0 Å². The first-order chi connectivity index (χ1) is 6.15. The molecule has 78 valence electrons. The zero-order valence-electron chi connectivity index (χ0n) is 8.15. The lowest BCUT2D eigenvalue weighted by Crippen LogP contribution is -2.30. The number of hydrogen-bond donors (Lipinski definition) is 1. The Morgan fingerprint density at radius 1 is 1.31 bits per heavy atom. The zero-order chi connectivity index (χ0) is 10.3. The van der Waals surface area contributed by atoms with Crippen molar-refractivity contribution < 1.29 is 24.1 Å². The molecular formula is C8H16O5. The number of carbonyl (C=O) groups is 1. The van der Waals surface area contributed by atoms with Crippen LogP contribution < -0.4 is 0 Å². The minimum absolute atomic E-state index is 0.154. The highest BCUT2D eigenvalue weighted by molar-refractivity contribution is 5.69. The summed E-state index contributed by atoms with van der Waals surface area (Å²) in [5, 5.41) is 9.40. The Morgan fingerprint density at radius 2 is 1.85 bits per heavy atom. The van der Waals surface area contributed by atoms with Gasteiger partial charge >= 0.3 is 5.97 Å². The van der Waals surface area contributed by atoms with E-state index in [1.54, 1.807) is 0 Å². The number of ether oxygens (including phenoxy) is 3. The van der Waals surface area contributed by atoms with Crippen LogP contribution in [0.5, 0.6) is 0 Å². The maximum absolute atomic E-state index is 10.7. The van der Waals surface area contributed by atoms with E-state index in [0.29, 0.717) is 0 Å². The van der Waals surface area contributed by atoms with Crippen molar-refractivity contribution in [2.75, 3.05) is 21.3 Å². The van der Waals surface area contributed by atoms with Crippen molar-refractivity contribution in [3.8, 4) is 0 Å². The highest BCUT2D eigenvalue weighted by atomic mass is 16.7. The Bertz CT molecular complexity index is 143. The van der Waals surface area contributed by atoms with Gasteiger partial charge in [-0.1, -0.05) is 0 Å². The van der Waals surface area contributed by atoms with Gasteiger partial charge in [0.2, 0.25) is 0 Å². The molecule has 0 aromatic carbocycles. The van der Waals surface area contributed by atoms with Crippen molar-refractivity contribution >= 4 is 5.97 Å². The van der Waals surface area contributed by atoms with Crippen LogP contribution in [0.15, 0.2) is 0 Å². The van der Waals surface area contributed by atoms with Crippen molar-refractivity contribution in [3.05, 3.63) is 0 Å². The first-order valence-corrected chi connectivity index (χ1v) is 3.96. The average Bonchev–Trinajstić information content (AvgIpc) is 2.16. The van der Waals surface area contributed by atoms with E-state index in [1.165, 1.54) is 21.3 Å². The minimum Gasteiger partial charge on any atom is -0.469 e. The average molecular weight is 192 g/mol. The second kappa shape index (κ2) is 6.82. The second-order valence-corrected chi connectivity index (χ2v) is 2.52. The van der Waals surface area contributed by atoms with Gasteiger partial charge in [-0.2, -0.15) is 0 Å². The SMILES string of the molecule is COC(=O)CC[C@@H](O)C(OC)OC. The van der Waals surface area contributed by atoms with Crippen LogP contribution in [0, 0.1) is 0 Å². The number of rotatable bonds is 6. The molecule has 0 aromatic heterocycles. The normalized spacial score (nSPS) is 13.0. The van der Waals surface area contributed by atoms with Crippen LogP contribution >= 0.6 is 0 Å². The molecule has 1 N–H and O–H groups in total. The molecule has 5 nitrogen and oxygen atoms in total. The summed E-state index contributed by atoms with van der Waals surface area (Å²) in [5.74, 6) is -0.356. The first-order valence-electron chi connectivity index (χ1n) is 3.96. The predicted molar refractivity (Wildman–Crippen MR) is 45.1 cm³/mol. The summed E-state index contributed by atoms with van der Waals surface area (Å²) in [4.78, 5) is 10.7. The van der Waals surface area contributed by atoms with Gasteiger partial charge in [-0.15, -0.1) is 0 Å². The maximum Gasteiger partial charge on any atom is 0.305 e. The topological polar surface area (TPSA) is 65.0 Å². The second-order valence-electron chi connectivity index (χ2n) is 2.52. The molecule has 5 heteroatoms. The van der Waals surface area contributed by atoms with Gasteiger partial charge in [0.05, 0.1) is 7.11 Å². The van der Waals surface area contributed by atoms with Gasteiger partial charge in [0.25, 0.3) is 0 Å². The molecule has 0 aliphatic rings. The summed E-state index contributed by atoms with van der Waals surface area (Å²) in [7, 11) is 4.16. The largest absolute Gasteiger partial charge is 0.469 e. The van der Waals surface area contributed by atoms with Crippen molar-refractivity contribution in [2.24, 2.45) is 0 Å². The Morgan fingerprint density at radius 3 is 2.23 bits per heavy atom. The number of aliphatic hydroxyl groups is 1. The van der Waals surface area contributed by atoms with E-state index in [0.717, 1.165) is 0 Å². The zero-order valence-corrected chi connectivity index (χ0v) is 8.15. The molecule has 0 aliphatic carbocycles. The fourth-order valence-corrected chi connectivity index (χ4v) is 0.914. The van der Waals surface area contributed by atoms with Crippen LogP contribution in [0.25, 0.3) is 0 Å². The van der Waals surface area contributed by atoms with Gasteiger partial charge in [0.15, 0.2) is 6.29 Å². The van der Waals surface area contributed by atoms with Gasteiger partial charge in [0.1, 0.15) is 6.10 Å². The molecule has 1 atom stereocenters. The van der Waals surface area contributed by atoms with E-state index in [9.17, 15) is 9.90 Å². The van der Waals surface area contributed by atoms with E-state index in [2.05, 4.69) is 4.74 Å². The molecule has 0 heterocycles. The molecule has 0 rings (SSSR count). The Kier molecular flexibility index (Phi) is 6.48. The summed E-state index contributed by atoms with van der Waals surface area (Å²) in [6.45, 7) is 0. The molecule has 0 unspecified atom stereocenters. The summed E-state index contributed by atoms with van der Waals surface area (Å²) < 4.78 is 14.0. The van der Waals surface area contributed by atoms with Gasteiger partial charge in [-0.3, -0.25) is 4.79 Å². The third kappa shape index (κ3) is 4.82. The Balaban J connectivity index is 3.71.